The van der Waals surface area contributed by atoms with Gasteiger partial charge in [0.05, 0.1) is 0 Å². The van der Waals surface area contributed by atoms with Crippen LogP contribution in [0.2, 0.25) is 0 Å². The Morgan fingerprint density at radius 3 is 2.12 bits per heavy atom. The Balaban J connectivity index is 2.05. The van der Waals surface area contributed by atoms with Crippen LogP contribution in [0.4, 0.5) is 22.0 Å². The number of esters is 1. The highest BCUT2D eigenvalue weighted by atomic mass is 32.1. The minimum Gasteiger partial charge on any atom is -0.412 e. The standard InChI is InChI=1S/C18H17F5O2S/c1-2-3-4-5-6-7-10-8-11(26-9-10)25-18(24)12-13(19)15(21)17(23)16(22)14(12)20/h8-9H,2-7H2,1H3. The largest absolute Gasteiger partial charge is 0.412 e. The Morgan fingerprint density at radius 1 is 0.923 bits per heavy atom. The van der Waals surface area contributed by atoms with Crippen molar-refractivity contribution in [1.82, 2.24) is 0 Å². The monoisotopic (exact) mass is 392 g/mol. The Bertz CT molecular complexity index is 759. The average molecular weight is 392 g/mol. The number of hydrogen-bond donors (Lipinski definition) is 0. The zero-order valence-corrected chi connectivity index (χ0v) is 14.8. The first-order valence-electron chi connectivity index (χ1n) is 8.17. The molecule has 0 aliphatic rings. The van der Waals surface area contributed by atoms with Crippen LogP contribution in [0.25, 0.3) is 0 Å². The Hall–Kier alpha value is -1.96. The van der Waals surface area contributed by atoms with Gasteiger partial charge in [0.15, 0.2) is 28.3 Å². The fraction of sp³-hybridized carbons (Fsp3) is 0.389. The van der Waals surface area contributed by atoms with E-state index in [1.54, 1.807) is 5.38 Å². The smallest absolute Gasteiger partial charge is 0.350 e. The van der Waals surface area contributed by atoms with Crippen LogP contribution >= 0.6 is 11.3 Å². The molecule has 0 saturated carbocycles. The predicted octanol–water partition coefficient (Wildman–Crippen LogP) is 6.18. The number of unbranched alkanes of at least 4 members (excludes halogenated alkanes) is 4. The summed E-state index contributed by atoms with van der Waals surface area (Å²) in [5, 5.41) is 1.75. The van der Waals surface area contributed by atoms with E-state index in [1.807, 2.05) is 0 Å². The number of carbonyl (C=O) groups excluding carboxylic acids is 1. The molecule has 1 heterocycles. The maximum Gasteiger partial charge on any atom is 0.350 e. The van der Waals surface area contributed by atoms with Crippen LogP contribution < -0.4 is 4.74 Å². The van der Waals surface area contributed by atoms with Crippen molar-refractivity contribution in [2.45, 2.75) is 45.4 Å². The van der Waals surface area contributed by atoms with Crippen molar-refractivity contribution in [3.05, 3.63) is 51.7 Å². The minimum absolute atomic E-state index is 0.0301. The second-order valence-corrected chi connectivity index (χ2v) is 6.65. The molecule has 2 rings (SSSR count). The molecule has 0 spiro atoms. The molecule has 8 heteroatoms. The molecule has 0 saturated heterocycles. The lowest BCUT2D eigenvalue weighted by Crippen LogP contribution is -2.17. The summed E-state index contributed by atoms with van der Waals surface area (Å²) in [5.74, 6) is -12.7. The number of thiophene rings is 1. The second kappa shape index (κ2) is 9.12. The Morgan fingerprint density at radius 2 is 1.50 bits per heavy atom. The SMILES string of the molecule is CCCCCCCc1csc(OC(=O)c2c(F)c(F)c(F)c(F)c2F)c1. The lowest BCUT2D eigenvalue weighted by atomic mass is 10.1. The fourth-order valence-corrected chi connectivity index (χ4v) is 3.19. The molecule has 1 aromatic heterocycles. The molecule has 0 unspecified atom stereocenters. The van der Waals surface area contributed by atoms with Crippen molar-refractivity contribution >= 4 is 17.3 Å². The molecule has 0 aliphatic carbocycles. The summed E-state index contributed by atoms with van der Waals surface area (Å²) < 4.78 is 71.3. The molecule has 1 aromatic carbocycles. The van der Waals surface area contributed by atoms with Gasteiger partial charge in [0.1, 0.15) is 5.56 Å². The van der Waals surface area contributed by atoms with E-state index >= 15 is 0 Å². The number of aryl methyl sites for hydroxylation is 1. The first kappa shape index (κ1) is 20.4. The van der Waals surface area contributed by atoms with Crippen LogP contribution in [0, 0.1) is 29.1 Å². The fourth-order valence-electron chi connectivity index (χ4n) is 2.40. The second-order valence-electron chi connectivity index (χ2n) is 5.77. The van der Waals surface area contributed by atoms with E-state index in [-0.39, 0.29) is 5.06 Å². The maximum absolute atomic E-state index is 13.6. The Labute approximate surface area is 151 Å². The highest BCUT2D eigenvalue weighted by Gasteiger charge is 2.31. The predicted molar refractivity (Wildman–Crippen MR) is 88.0 cm³/mol. The number of carbonyl (C=O) groups is 1. The average Bonchev–Trinajstić information content (AvgIpc) is 3.05. The normalized spacial score (nSPS) is 11.0. The van der Waals surface area contributed by atoms with Crippen molar-refractivity contribution in [3.63, 3.8) is 0 Å². The van der Waals surface area contributed by atoms with E-state index in [0.29, 0.717) is 0 Å². The minimum atomic E-state index is -2.32. The third kappa shape index (κ3) is 4.60. The van der Waals surface area contributed by atoms with E-state index in [4.69, 9.17) is 4.74 Å². The van der Waals surface area contributed by atoms with Crippen LogP contribution in [0.3, 0.4) is 0 Å². The lowest BCUT2D eigenvalue weighted by molar-refractivity contribution is 0.0727. The van der Waals surface area contributed by atoms with Gasteiger partial charge in [0.25, 0.3) is 0 Å². The molecule has 0 bridgehead atoms. The highest BCUT2D eigenvalue weighted by molar-refractivity contribution is 7.12. The van der Waals surface area contributed by atoms with Gasteiger partial charge in [-0.05, 0) is 29.9 Å². The zero-order valence-electron chi connectivity index (χ0n) is 14.0. The van der Waals surface area contributed by atoms with Crippen LogP contribution in [0.5, 0.6) is 5.06 Å². The molecule has 0 fully saturated rings. The zero-order chi connectivity index (χ0) is 19.3. The van der Waals surface area contributed by atoms with E-state index in [9.17, 15) is 26.7 Å². The summed E-state index contributed by atoms with van der Waals surface area (Å²) >= 11 is 1.01. The van der Waals surface area contributed by atoms with Gasteiger partial charge in [-0.25, -0.2) is 26.7 Å². The molecule has 2 nitrogen and oxygen atoms in total. The maximum atomic E-state index is 13.6. The van der Waals surface area contributed by atoms with E-state index < -0.39 is 40.6 Å². The van der Waals surface area contributed by atoms with Crippen molar-refractivity contribution in [1.29, 1.82) is 0 Å². The van der Waals surface area contributed by atoms with Crippen LogP contribution in [0.15, 0.2) is 11.4 Å². The van der Waals surface area contributed by atoms with Gasteiger partial charge < -0.3 is 4.74 Å². The summed E-state index contributed by atoms with van der Waals surface area (Å²) in [4.78, 5) is 11.9. The first-order valence-corrected chi connectivity index (χ1v) is 9.05. The number of hydrogen-bond acceptors (Lipinski definition) is 3. The summed E-state index contributed by atoms with van der Waals surface area (Å²) in [6, 6.07) is 1.52. The molecular formula is C18H17F5O2S. The molecule has 0 atom stereocenters. The van der Waals surface area contributed by atoms with Gasteiger partial charge in [0.2, 0.25) is 5.82 Å². The number of rotatable bonds is 8. The van der Waals surface area contributed by atoms with Gasteiger partial charge in [-0.1, -0.05) is 32.6 Å². The van der Waals surface area contributed by atoms with Crippen molar-refractivity contribution in [3.8, 4) is 5.06 Å². The molecule has 0 radical (unpaired) electrons. The number of benzene rings is 1. The summed E-state index contributed by atoms with van der Waals surface area (Å²) in [7, 11) is 0. The third-order valence-corrected chi connectivity index (χ3v) is 4.66. The molecule has 2 aromatic rings. The van der Waals surface area contributed by atoms with Crippen molar-refractivity contribution in [2.24, 2.45) is 0 Å². The molecular weight excluding hydrogens is 375 g/mol. The van der Waals surface area contributed by atoms with Crippen molar-refractivity contribution < 1.29 is 31.5 Å². The van der Waals surface area contributed by atoms with Gasteiger partial charge in [-0.15, -0.1) is 11.3 Å². The van der Waals surface area contributed by atoms with Gasteiger partial charge in [-0.3, -0.25) is 0 Å². The van der Waals surface area contributed by atoms with Crippen LogP contribution in [0.1, 0.15) is 54.9 Å². The van der Waals surface area contributed by atoms with E-state index in [2.05, 4.69) is 6.92 Å². The summed E-state index contributed by atoms with van der Waals surface area (Å²) in [6.07, 6.45) is 6.18. The lowest BCUT2D eigenvalue weighted by Gasteiger charge is -2.07. The van der Waals surface area contributed by atoms with Gasteiger partial charge >= 0.3 is 5.97 Å². The van der Waals surface area contributed by atoms with E-state index in [1.165, 1.54) is 6.07 Å². The topological polar surface area (TPSA) is 26.3 Å². The third-order valence-electron chi connectivity index (χ3n) is 3.81. The highest BCUT2D eigenvalue weighted by Crippen LogP contribution is 2.28. The van der Waals surface area contributed by atoms with E-state index in [0.717, 1.165) is 55.4 Å². The van der Waals surface area contributed by atoms with Gasteiger partial charge in [0, 0.05) is 0 Å². The van der Waals surface area contributed by atoms with Crippen molar-refractivity contribution in [2.75, 3.05) is 0 Å². The number of ether oxygens (including phenoxy) is 1. The van der Waals surface area contributed by atoms with Crippen LogP contribution in [-0.4, -0.2) is 5.97 Å². The molecule has 26 heavy (non-hydrogen) atoms. The quantitative estimate of drug-likeness (QED) is 0.176. The molecule has 0 aliphatic heterocycles. The molecule has 0 amide bonds. The first-order chi connectivity index (χ1) is 12.4. The Kier molecular flexibility index (Phi) is 7.14. The van der Waals surface area contributed by atoms with Crippen LogP contribution in [-0.2, 0) is 6.42 Å². The molecule has 142 valence electrons. The molecule has 0 N–H and O–H groups in total. The number of halogens is 5. The van der Waals surface area contributed by atoms with Gasteiger partial charge in [-0.2, -0.15) is 0 Å². The summed E-state index contributed by atoms with van der Waals surface area (Å²) in [6.45, 7) is 2.12. The summed E-state index contributed by atoms with van der Waals surface area (Å²) in [5.41, 5.74) is -0.720.